The molecular weight excluding hydrogens is 298 g/mol. The first-order valence-corrected chi connectivity index (χ1v) is 10.0. The Morgan fingerprint density at radius 2 is 2.33 bits per heavy atom. The molecule has 2 aromatic heterocycles. The SMILES string of the molecule is CCCNC(CSC1CCCC1)Cc1cn2ccsc2n1. The molecule has 0 amide bonds. The predicted molar refractivity (Wildman–Crippen MR) is 93.6 cm³/mol. The van der Waals surface area contributed by atoms with E-state index in [4.69, 9.17) is 4.98 Å². The van der Waals surface area contributed by atoms with Crippen molar-refractivity contribution in [2.75, 3.05) is 12.3 Å². The van der Waals surface area contributed by atoms with Crippen molar-refractivity contribution in [3.05, 3.63) is 23.5 Å². The molecule has 1 aliphatic carbocycles. The van der Waals surface area contributed by atoms with Crippen molar-refractivity contribution in [2.24, 2.45) is 0 Å². The number of hydrogen-bond donors (Lipinski definition) is 1. The highest BCUT2D eigenvalue weighted by Crippen LogP contribution is 2.30. The fourth-order valence-electron chi connectivity index (χ4n) is 2.97. The van der Waals surface area contributed by atoms with Gasteiger partial charge in [-0.15, -0.1) is 11.3 Å². The van der Waals surface area contributed by atoms with Crippen LogP contribution in [-0.4, -0.2) is 33.0 Å². The lowest BCUT2D eigenvalue weighted by Crippen LogP contribution is -2.34. The summed E-state index contributed by atoms with van der Waals surface area (Å²) in [5.41, 5.74) is 1.22. The third-order valence-electron chi connectivity index (χ3n) is 4.12. The quantitative estimate of drug-likeness (QED) is 0.797. The number of thioether (sulfide) groups is 1. The van der Waals surface area contributed by atoms with Crippen molar-refractivity contribution in [3.63, 3.8) is 0 Å². The normalized spacial score (nSPS) is 17.8. The molecule has 3 rings (SSSR count). The summed E-state index contributed by atoms with van der Waals surface area (Å²) in [6.07, 6.45) is 12.2. The molecule has 1 atom stereocenters. The van der Waals surface area contributed by atoms with E-state index in [0.717, 1.165) is 23.2 Å². The van der Waals surface area contributed by atoms with Crippen LogP contribution in [0, 0.1) is 0 Å². The van der Waals surface area contributed by atoms with Gasteiger partial charge < -0.3 is 5.32 Å². The van der Waals surface area contributed by atoms with Crippen LogP contribution >= 0.6 is 23.1 Å². The number of rotatable bonds is 8. The zero-order chi connectivity index (χ0) is 14.5. The molecule has 5 heteroatoms. The van der Waals surface area contributed by atoms with Crippen LogP contribution in [0.4, 0.5) is 0 Å². The van der Waals surface area contributed by atoms with Gasteiger partial charge in [-0.1, -0.05) is 19.8 Å². The Morgan fingerprint density at radius 3 is 3.10 bits per heavy atom. The Hall–Kier alpha value is -0.520. The molecule has 0 aliphatic heterocycles. The Balaban J connectivity index is 1.56. The van der Waals surface area contributed by atoms with Crippen LogP contribution in [-0.2, 0) is 6.42 Å². The molecule has 2 heterocycles. The molecule has 1 fully saturated rings. The molecule has 21 heavy (non-hydrogen) atoms. The van der Waals surface area contributed by atoms with Crippen LogP contribution in [0.15, 0.2) is 17.8 Å². The zero-order valence-corrected chi connectivity index (χ0v) is 14.4. The van der Waals surface area contributed by atoms with Crippen LogP contribution in [0.1, 0.15) is 44.7 Å². The average Bonchev–Trinajstić information content (AvgIpc) is 3.18. The lowest BCUT2D eigenvalue weighted by molar-refractivity contribution is 0.545. The number of fused-ring (bicyclic) bond motifs is 1. The highest BCUT2D eigenvalue weighted by atomic mass is 32.2. The van der Waals surface area contributed by atoms with Crippen molar-refractivity contribution < 1.29 is 0 Å². The number of nitrogens with one attached hydrogen (secondary N) is 1. The highest BCUT2D eigenvalue weighted by molar-refractivity contribution is 7.99. The van der Waals surface area contributed by atoms with Gasteiger partial charge in [-0.05, 0) is 25.8 Å². The van der Waals surface area contributed by atoms with E-state index in [0.29, 0.717) is 6.04 Å². The maximum atomic E-state index is 4.73. The molecule has 0 spiro atoms. The first kappa shape index (κ1) is 15.4. The lowest BCUT2D eigenvalue weighted by atomic mass is 10.2. The minimum atomic E-state index is 0.556. The van der Waals surface area contributed by atoms with Crippen LogP contribution < -0.4 is 5.32 Å². The molecule has 1 saturated carbocycles. The fraction of sp³-hybridized carbons (Fsp3) is 0.688. The Labute approximate surface area is 135 Å². The van der Waals surface area contributed by atoms with E-state index in [1.807, 2.05) is 0 Å². The molecule has 0 bridgehead atoms. The van der Waals surface area contributed by atoms with E-state index < -0.39 is 0 Å². The van der Waals surface area contributed by atoms with Gasteiger partial charge in [0, 0.05) is 41.2 Å². The third-order valence-corrected chi connectivity index (χ3v) is 6.43. The standard InChI is InChI=1S/C16H25N3S2/c1-2-7-17-14(12-21-15-5-3-4-6-15)10-13-11-19-8-9-20-16(19)18-13/h8-9,11,14-15,17H,2-7,10,12H2,1H3. The largest absolute Gasteiger partial charge is 0.313 e. The molecule has 0 saturated heterocycles. The second-order valence-electron chi connectivity index (χ2n) is 5.92. The van der Waals surface area contributed by atoms with Gasteiger partial charge in [0.05, 0.1) is 5.69 Å². The highest BCUT2D eigenvalue weighted by Gasteiger charge is 2.18. The molecule has 1 unspecified atom stereocenters. The first-order chi connectivity index (χ1) is 10.3. The van der Waals surface area contributed by atoms with Crippen molar-refractivity contribution in [1.82, 2.24) is 14.7 Å². The minimum Gasteiger partial charge on any atom is -0.313 e. The predicted octanol–water partition coefficient (Wildman–Crippen LogP) is 3.98. The van der Waals surface area contributed by atoms with E-state index in [-0.39, 0.29) is 0 Å². The Bertz CT molecular complexity index is 514. The number of nitrogens with zero attached hydrogens (tertiary/aromatic N) is 2. The second kappa shape index (κ2) is 7.65. The number of aromatic nitrogens is 2. The monoisotopic (exact) mass is 323 g/mol. The van der Waals surface area contributed by atoms with Gasteiger partial charge in [-0.25, -0.2) is 4.98 Å². The molecule has 1 N–H and O–H groups in total. The van der Waals surface area contributed by atoms with Gasteiger partial charge in [0.2, 0.25) is 0 Å². The summed E-state index contributed by atoms with van der Waals surface area (Å²) in [5.74, 6) is 1.22. The third kappa shape index (κ3) is 4.24. The molecule has 116 valence electrons. The van der Waals surface area contributed by atoms with Crippen molar-refractivity contribution in [3.8, 4) is 0 Å². The average molecular weight is 324 g/mol. The van der Waals surface area contributed by atoms with Crippen molar-refractivity contribution in [2.45, 2.75) is 56.7 Å². The topological polar surface area (TPSA) is 29.3 Å². The summed E-state index contributed by atoms with van der Waals surface area (Å²) in [4.78, 5) is 5.85. The Kier molecular flexibility index (Phi) is 5.61. The van der Waals surface area contributed by atoms with Gasteiger partial charge in [-0.3, -0.25) is 4.40 Å². The molecule has 1 aliphatic rings. The molecule has 3 nitrogen and oxygen atoms in total. The van der Waals surface area contributed by atoms with Gasteiger partial charge in [0.15, 0.2) is 4.96 Å². The van der Waals surface area contributed by atoms with E-state index in [2.05, 4.69) is 46.2 Å². The minimum absolute atomic E-state index is 0.556. The summed E-state index contributed by atoms with van der Waals surface area (Å²) in [5, 5.41) is 6.71. The van der Waals surface area contributed by atoms with Gasteiger partial charge in [0.1, 0.15) is 0 Å². The van der Waals surface area contributed by atoms with Gasteiger partial charge in [-0.2, -0.15) is 11.8 Å². The van der Waals surface area contributed by atoms with Crippen molar-refractivity contribution >= 4 is 28.1 Å². The molecule has 2 aromatic rings. The summed E-state index contributed by atoms with van der Waals surface area (Å²) in [7, 11) is 0. The molecule has 0 aromatic carbocycles. The maximum absolute atomic E-state index is 4.73. The van der Waals surface area contributed by atoms with Gasteiger partial charge in [0.25, 0.3) is 0 Å². The lowest BCUT2D eigenvalue weighted by Gasteiger charge is -2.19. The van der Waals surface area contributed by atoms with Crippen LogP contribution in [0.2, 0.25) is 0 Å². The van der Waals surface area contributed by atoms with Crippen LogP contribution in [0.3, 0.4) is 0 Å². The molecule has 0 radical (unpaired) electrons. The number of imidazole rings is 1. The summed E-state index contributed by atoms with van der Waals surface area (Å²) >= 11 is 3.89. The number of thiazole rings is 1. The van der Waals surface area contributed by atoms with Crippen LogP contribution in [0.5, 0.6) is 0 Å². The van der Waals surface area contributed by atoms with Crippen LogP contribution in [0.25, 0.3) is 4.96 Å². The molecular formula is C16H25N3S2. The van der Waals surface area contributed by atoms with Crippen molar-refractivity contribution in [1.29, 1.82) is 0 Å². The smallest absolute Gasteiger partial charge is 0.193 e. The summed E-state index contributed by atoms with van der Waals surface area (Å²) in [6, 6.07) is 0.556. The fourth-order valence-corrected chi connectivity index (χ4v) is 5.10. The maximum Gasteiger partial charge on any atom is 0.193 e. The van der Waals surface area contributed by atoms with E-state index in [1.165, 1.54) is 43.6 Å². The number of hydrogen-bond acceptors (Lipinski definition) is 4. The summed E-state index contributed by atoms with van der Waals surface area (Å²) < 4.78 is 2.14. The zero-order valence-electron chi connectivity index (χ0n) is 12.8. The Morgan fingerprint density at radius 1 is 1.48 bits per heavy atom. The van der Waals surface area contributed by atoms with Gasteiger partial charge >= 0.3 is 0 Å². The van der Waals surface area contributed by atoms with E-state index in [9.17, 15) is 0 Å². The summed E-state index contributed by atoms with van der Waals surface area (Å²) in [6.45, 7) is 3.35. The first-order valence-electron chi connectivity index (χ1n) is 8.11. The van der Waals surface area contributed by atoms with E-state index >= 15 is 0 Å². The van der Waals surface area contributed by atoms with E-state index in [1.54, 1.807) is 11.3 Å². The second-order valence-corrected chi connectivity index (χ2v) is 8.13.